The maximum atomic E-state index is 12.1. The monoisotopic (exact) mass is 283 g/mol. The Morgan fingerprint density at radius 2 is 2.20 bits per heavy atom. The van der Waals surface area contributed by atoms with Crippen molar-refractivity contribution in [3.63, 3.8) is 0 Å². The zero-order valence-electron chi connectivity index (χ0n) is 12.6. The van der Waals surface area contributed by atoms with Gasteiger partial charge in [-0.15, -0.1) is 0 Å². The van der Waals surface area contributed by atoms with Crippen LogP contribution < -0.4 is 5.32 Å². The molecule has 2 aliphatic heterocycles. The molecule has 6 heteroatoms. The molecule has 1 N–H and O–H groups in total. The summed E-state index contributed by atoms with van der Waals surface area (Å²) in [5, 5.41) is 3.01. The molecule has 2 saturated heterocycles. The van der Waals surface area contributed by atoms with Crippen molar-refractivity contribution in [2.24, 2.45) is 0 Å². The molecule has 2 fully saturated rings. The third-order valence-electron chi connectivity index (χ3n) is 4.18. The first-order chi connectivity index (χ1) is 9.51. The molecular weight excluding hydrogens is 258 g/mol. The van der Waals surface area contributed by atoms with Crippen LogP contribution in [0.25, 0.3) is 0 Å². The van der Waals surface area contributed by atoms with Crippen LogP contribution in [0.5, 0.6) is 0 Å². The third-order valence-corrected chi connectivity index (χ3v) is 4.18. The molecule has 0 aromatic rings. The molecule has 2 aliphatic rings. The predicted molar refractivity (Wildman–Crippen MR) is 75.3 cm³/mol. The van der Waals surface area contributed by atoms with Gasteiger partial charge in [0.2, 0.25) is 11.8 Å². The highest BCUT2D eigenvalue weighted by molar-refractivity contribution is 5.86. The average molecular weight is 283 g/mol. The number of likely N-dealkylation sites (tertiary alicyclic amines) is 2. The standard InChI is InChI=1S/C14H25N3O3/c1-10(2)17-7-11(12(8-17)20-3)15-13(18)9-16-6-4-5-14(16)19/h10-12H,4-9H2,1-3H3,(H,15,18)/t11-,12-/m0/s1. The molecule has 2 atom stereocenters. The van der Waals surface area contributed by atoms with Gasteiger partial charge in [-0.3, -0.25) is 14.5 Å². The average Bonchev–Trinajstić information content (AvgIpc) is 2.97. The molecule has 0 bridgehead atoms. The lowest BCUT2D eigenvalue weighted by Crippen LogP contribution is -2.47. The fourth-order valence-corrected chi connectivity index (χ4v) is 2.90. The molecule has 0 aromatic carbocycles. The molecule has 2 rings (SSSR count). The highest BCUT2D eigenvalue weighted by Crippen LogP contribution is 2.16. The van der Waals surface area contributed by atoms with Crippen LogP contribution in [-0.4, -0.2) is 73.1 Å². The fraction of sp³-hybridized carbons (Fsp3) is 0.857. The van der Waals surface area contributed by atoms with Gasteiger partial charge in [-0.05, 0) is 20.3 Å². The van der Waals surface area contributed by atoms with E-state index in [0.29, 0.717) is 19.0 Å². The summed E-state index contributed by atoms with van der Waals surface area (Å²) in [7, 11) is 1.68. The minimum Gasteiger partial charge on any atom is -0.378 e. The molecule has 20 heavy (non-hydrogen) atoms. The lowest BCUT2D eigenvalue weighted by molar-refractivity contribution is -0.133. The Morgan fingerprint density at radius 1 is 1.45 bits per heavy atom. The summed E-state index contributed by atoms with van der Waals surface area (Å²) < 4.78 is 5.46. The number of ether oxygens (including phenoxy) is 1. The summed E-state index contributed by atoms with van der Waals surface area (Å²) in [5.74, 6) is -0.00317. The Hall–Kier alpha value is -1.14. The number of hydrogen-bond donors (Lipinski definition) is 1. The largest absolute Gasteiger partial charge is 0.378 e. The van der Waals surface area contributed by atoms with Crippen molar-refractivity contribution in [2.45, 2.75) is 44.9 Å². The summed E-state index contributed by atoms with van der Waals surface area (Å²) >= 11 is 0. The topological polar surface area (TPSA) is 61.9 Å². The number of nitrogens with zero attached hydrogens (tertiary/aromatic N) is 2. The highest BCUT2D eigenvalue weighted by Gasteiger charge is 2.35. The molecular formula is C14H25N3O3. The smallest absolute Gasteiger partial charge is 0.239 e. The van der Waals surface area contributed by atoms with Gasteiger partial charge in [-0.1, -0.05) is 0 Å². The first-order valence-corrected chi connectivity index (χ1v) is 7.35. The summed E-state index contributed by atoms with van der Waals surface area (Å²) in [6, 6.07) is 0.447. The maximum absolute atomic E-state index is 12.1. The number of carbonyl (C=O) groups is 2. The maximum Gasteiger partial charge on any atom is 0.239 e. The molecule has 2 heterocycles. The molecule has 2 amide bonds. The Labute approximate surface area is 120 Å². The van der Waals surface area contributed by atoms with E-state index in [-0.39, 0.29) is 30.5 Å². The lowest BCUT2D eigenvalue weighted by atomic mass is 10.2. The van der Waals surface area contributed by atoms with Gasteiger partial charge >= 0.3 is 0 Å². The SMILES string of the molecule is CO[C@H]1CN(C(C)C)C[C@@H]1NC(=O)CN1CCCC1=O. The number of amides is 2. The van der Waals surface area contributed by atoms with Gasteiger partial charge in [-0.25, -0.2) is 0 Å². The van der Waals surface area contributed by atoms with Crippen molar-refractivity contribution in [2.75, 3.05) is 33.3 Å². The van der Waals surface area contributed by atoms with Gasteiger partial charge in [0, 0.05) is 39.2 Å². The van der Waals surface area contributed by atoms with E-state index in [4.69, 9.17) is 4.74 Å². The van der Waals surface area contributed by atoms with Crippen molar-refractivity contribution in [3.05, 3.63) is 0 Å². The normalized spacial score (nSPS) is 27.6. The van der Waals surface area contributed by atoms with Crippen molar-refractivity contribution in [1.29, 1.82) is 0 Å². The second-order valence-corrected chi connectivity index (χ2v) is 5.91. The number of nitrogens with one attached hydrogen (secondary N) is 1. The van der Waals surface area contributed by atoms with Crippen LogP contribution in [0.4, 0.5) is 0 Å². The van der Waals surface area contributed by atoms with E-state index in [1.54, 1.807) is 12.0 Å². The molecule has 0 radical (unpaired) electrons. The van der Waals surface area contributed by atoms with Gasteiger partial charge in [0.1, 0.15) is 0 Å². The molecule has 0 aliphatic carbocycles. The van der Waals surface area contributed by atoms with Gasteiger partial charge in [0.05, 0.1) is 18.7 Å². The van der Waals surface area contributed by atoms with Crippen LogP contribution in [0.1, 0.15) is 26.7 Å². The minimum atomic E-state index is -0.0853. The number of hydrogen-bond acceptors (Lipinski definition) is 4. The fourth-order valence-electron chi connectivity index (χ4n) is 2.90. The zero-order chi connectivity index (χ0) is 14.7. The quantitative estimate of drug-likeness (QED) is 0.761. The van der Waals surface area contributed by atoms with Gasteiger partial charge in [0.15, 0.2) is 0 Å². The summed E-state index contributed by atoms with van der Waals surface area (Å²) in [5.41, 5.74) is 0. The van der Waals surface area contributed by atoms with E-state index in [0.717, 1.165) is 19.5 Å². The van der Waals surface area contributed by atoms with Gasteiger partial charge < -0.3 is 15.0 Å². The van der Waals surface area contributed by atoms with Crippen LogP contribution in [0.3, 0.4) is 0 Å². The van der Waals surface area contributed by atoms with Crippen LogP contribution >= 0.6 is 0 Å². The molecule has 114 valence electrons. The first-order valence-electron chi connectivity index (χ1n) is 7.35. The Bertz CT molecular complexity index is 373. The second kappa shape index (κ2) is 6.54. The van der Waals surface area contributed by atoms with Crippen LogP contribution in [-0.2, 0) is 14.3 Å². The Kier molecular flexibility index (Phi) is 4.99. The molecule has 0 unspecified atom stereocenters. The zero-order valence-corrected chi connectivity index (χ0v) is 12.6. The Morgan fingerprint density at radius 3 is 2.75 bits per heavy atom. The second-order valence-electron chi connectivity index (χ2n) is 5.91. The van der Waals surface area contributed by atoms with Crippen molar-refractivity contribution in [3.8, 4) is 0 Å². The van der Waals surface area contributed by atoms with E-state index < -0.39 is 0 Å². The summed E-state index contributed by atoms with van der Waals surface area (Å²) in [6.45, 7) is 6.79. The van der Waals surface area contributed by atoms with Crippen LogP contribution in [0.15, 0.2) is 0 Å². The van der Waals surface area contributed by atoms with Crippen LogP contribution in [0, 0.1) is 0 Å². The number of methoxy groups -OCH3 is 1. The minimum absolute atomic E-state index is 0.00704. The first kappa shape index (κ1) is 15.3. The van der Waals surface area contributed by atoms with Crippen molar-refractivity contribution < 1.29 is 14.3 Å². The lowest BCUT2D eigenvalue weighted by Gasteiger charge is -2.21. The van der Waals surface area contributed by atoms with E-state index in [9.17, 15) is 9.59 Å². The predicted octanol–water partition coefficient (Wildman–Crippen LogP) is -0.167. The molecule has 6 nitrogen and oxygen atoms in total. The number of rotatable bonds is 5. The van der Waals surface area contributed by atoms with Gasteiger partial charge in [-0.2, -0.15) is 0 Å². The Balaban J connectivity index is 1.85. The van der Waals surface area contributed by atoms with E-state index in [1.165, 1.54) is 0 Å². The van der Waals surface area contributed by atoms with Crippen molar-refractivity contribution >= 4 is 11.8 Å². The van der Waals surface area contributed by atoms with E-state index in [2.05, 4.69) is 24.1 Å². The molecule has 0 spiro atoms. The van der Waals surface area contributed by atoms with Gasteiger partial charge in [0.25, 0.3) is 0 Å². The molecule has 0 saturated carbocycles. The number of carbonyl (C=O) groups excluding carboxylic acids is 2. The van der Waals surface area contributed by atoms with Crippen LogP contribution in [0.2, 0.25) is 0 Å². The van der Waals surface area contributed by atoms with E-state index >= 15 is 0 Å². The van der Waals surface area contributed by atoms with Crippen molar-refractivity contribution in [1.82, 2.24) is 15.1 Å². The molecule has 0 aromatic heterocycles. The van der Waals surface area contributed by atoms with E-state index in [1.807, 2.05) is 0 Å². The highest BCUT2D eigenvalue weighted by atomic mass is 16.5. The summed E-state index contributed by atoms with van der Waals surface area (Å²) in [6.07, 6.45) is 1.45. The third kappa shape index (κ3) is 3.49. The summed E-state index contributed by atoms with van der Waals surface area (Å²) in [4.78, 5) is 27.5.